The minimum absolute atomic E-state index is 0.138. The summed E-state index contributed by atoms with van der Waals surface area (Å²) in [6.07, 6.45) is 9.57. The quantitative estimate of drug-likeness (QED) is 0.176. The first-order valence-electron chi connectivity index (χ1n) is 12.6. The van der Waals surface area contributed by atoms with Gasteiger partial charge in [-0.3, -0.25) is 4.79 Å². The van der Waals surface area contributed by atoms with Crippen LogP contribution >= 0.6 is 11.8 Å². The molecule has 34 heavy (non-hydrogen) atoms. The Kier molecular flexibility index (Phi) is 10.2. The van der Waals surface area contributed by atoms with Crippen molar-refractivity contribution in [3.8, 4) is 11.5 Å². The van der Waals surface area contributed by atoms with Gasteiger partial charge in [-0.15, -0.1) is 11.8 Å². The number of esters is 1. The van der Waals surface area contributed by atoms with E-state index in [1.165, 1.54) is 18.4 Å². The van der Waals surface area contributed by atoms with Gasteiger partial charge in [-0.1, -0.05) is 36.8 Å². The molecule has 3 rings (SSSR count). The molecule has 2 aromatic rings. The molecule has 0 spiro atoms. The summed E-state index contributed by atoms with van der Waals surface area (Å²) in [6, 6.07) is 16.7. The fourth-order valence-electron chi connectivity index (χ4n) is 4.31. The van der Waals surface area contributed by atoms with Gasteiger partial charge in [-0.25, -0.2) is 0 Å². The number of unbranched alkanes of at least 4 members (excludes halogenated alkanes) is 1. The molecule has 1 atom stereocenters. The van der Waals surface area contributed by atoms with Gasteiger partial charge in [-0.05, 0) is 89.5 Å². The molecule has 0 bridgehead atoms. The topological polar surface area (TPSA) is 44.8 Å². The van der Waals surface area contributed by atoms with E-state index in [4.69, 9.17) is 14.2 Å². The van der Waals surface area contributed by atoms with E-state index in [2.05, 4.69) is 36.4 Å². The number of thioether (sulfide) groups is 1. The molecule has 0 saturated heterocycles. The molecule has 1 unspecified atom stereocenters. The Morgan fingerprint density at radius 3 is 2.44 bits per heavy atom. The maximum Gasteiger partial charge on any atom is 0.307 e. The van der Waals surface area contributed by atoms with Gasteiger partial charge in [0.1, 0.15) is 5.60 Å². The van der Waals surface area contributed by atoms with Crippen molar-refractivity contribution in [3.05, 3.63) is 54.1 Å². The zero-order valence-corrected chi connectivity index (χ0v) is 22.0. The zero-order valence-electron chi connectivity index (χ0n) is 21.2. The highest BCUT2D eigenvalue weighted by Crippen LogP contribution is 2.38. The molecule has 5 heteroatoms. The number of hydrogen-bond acceptors (Lipinski definition) is 5. The maximum absolute atomic E-state index is 12.6. The van der Waals surface area contributed by atoms with Crippen LogP contribution in [0.1, 0.15) is 77.7 Å². The van der Waals surface area contributed by atoms with Crippen LogP contribution in [-0.2, 0) is 16.0 Å². The van der Waals surface area contributed by atoms with Crippen molar-refractivity contribution in [2.24, 2.45) is 0 Å². The van der Waals surface area contributed by atoms with E-state index in [1.54, 1.807) is 18.9 Å². The maximum atomic E-state index is 12.6. The zero-order chi connectivity index (χ0) is 24.4. The van der Waals surface area contributed by atoms with Gasteiger partial charge in [0, 0.05) is 10.1 Å². The highest BCUT2D eigenvalue weighted by molar-refractivity contribution is 8.00. The number of benzene rings is 2. The summed E-state index contributed by atoms with van der Waals surface area (Å²) in [5.74, 6) is 1.43. The number of rotatable bonds is 12. The summed E-state index contributed by atoms with van der Waals surface area (Å²) in [6.45, 7) is 5.75. The Morgan fingerprint density at radius 1 is 1.03 bits per heavy atom. The lowest BCUT2D eigenvalue weighted by Gasteiger charge is -2.22. The summed E-state index contributed by atoms with van der Waals surface area (Å²) in [5.41, 5.74) is 0.892. The number of carbonyl (C=O) groups is 1. The van der Waals surface area contributed by atoms with Gasteiger partial charge < -0.3 is 14.2 Å². The highest BCUT2D eigenvalue weighted by Gasteiger charge is 2.23. The largest absolute Gasteiger partial charge is 0.493 e. The summed E-state index contributed by atoms with van der Waals surface area (Å²) in [7, 11) is 1.69. The number of ether oxygens (including phenoxy) is 3. The van der Waals surface area contributed by atoms with E-state index >= 15 is 0 Å². The van der Waals surface area contributed by atoms with Crippen LogP contribution in [0.4, 0.5) is 0 Å². The summed E-state index contributed by atoms with van der Waals surface area (Å²) >= 11 is 1.73. The van der Waals surface area contributed by atoms with E-state index in [0.29, 0.717) is 6.42 Å². The van der Waals surface area contributed by atoms with Gasteiger partial charge in [0.25, 0.3) is 0 Å². The van der Waals surface area contributed by atoms with Crippen LogP contribution < -0.4 is 9.47 Å². The molecule has 0 N–H and O–H groups in total. The lowest BCUT2D eigenvalue weighted by Crippen LogP contribution is -2.25. The van der Waals surface area contributed by atoms with Gasteiger partial charge in [0.15, 0.2) is 11.5 Å². The average Bonchev–Trinajstić information content (AvgIpc) is 3.30. The van der Waals surface area contributed by atoms with Crippen LogP contribution in [0.15, 0.2) is 53.4 Å². The van der Waals surface area contributed by atoms with E-state index in [-0.39, 0.29) is 17.3 Å². The van der Waals surface area contributed by atoms with E-state index < -0.39 is 5.60 Å². The number of methoxy groups -OCH3 is 1. The van der Waals surface area contributed by atoms with Crippen molar-refractivity contribution in [1.29, 1.82) is 0 Å². The first-order valence-corrected chi connectivity index (χ1v) is 13.5. The lowest BCUT2D eigenvalue weighted by molar-refractivity contribution is -0.154. The van der Waals surface area contributed by atoms with Crippen molar-refractivity contribution >= 4 is 17.7 Å². The molecule has 1 saturated carbocycles. The second-order valence-corrected chi connectivity index (χ2v) is 11.5. The van der Waals surface area contributed by atoms with E-state index in [9.17, 15) is 4.79 Å². The molecule has 0 amide bonds. The first-order chi connectivity index (χ1) is 16.3. The molecule has 1 aliphatic carbocycles. The second-order valence-electron chi connectivity index (χ2n) is 10.1. The molecule has 4 nitrogen and oxygen atoms in total. The molecule has 0 radical (unpaired) electrons. The monoisotopic (exact) mass is 484 g/mol. The predicted molar refractivity (Wildman–Crippen MR) is 140 cm³/mol. The number of aryl methyl sites for hydroxylation is 1. The fourth-order valence-corrected chi connectivity index (χ4v) is 5.52. The van der Waals surface area contributed by atoms with Gasteiger partial charge in [0.2, 0.25) is 0 Å². The molecular formula is C29H40O4S. The van der Waals surface area contributed by atoms with Crippen molar-refractivity contribution in [1.82, 2.24) is 0 Å². The standard InChI is InChI=1S/C29H40O4S/c1-29(2,3)33-28(30)21-24(17-11-8-14-22-12-6-5-7-13-22)34-25-18-19-26(27(20-25)31-4)32-23-15-9-10-16-23/h5-7,12-13,18-20,23-24H,8-11,14-17,21H2,1-4H3. The number of carbonyl (C=O) groups excluding carboxylic acids is 1. The smallest absolute Gasteiger partial charge is 0.307 e. The fraction of sp³-hybridized carbons (Fsp3) is 0.552. The molecule has 0 aliphatic heterocycles. The molecule has 0 aromatic heterocycles. The van der Waals surface area contributed by atoms with E-state index in [1.807, 2.05) is 32.9 Å². The second kappa shape index (κ2) is 13.1. The third-order valence-corrected chi connectivity index (χ3v) is 7.19. The molecule has 2 aromatic carbocycles. The van der Waals surface area contributed by atoms with Crippen molar-refractivity contribution in [2.75, 3.05) is 7.11 Å². The highest BCUT2D eigenvalue weighted by atomic mass is 32.2. The van der Waals surface area contributed by atoms with Crippen LogP contribution in [0.3, 0.4) is 0 Å². The molecule has 0 heterocycles. The van der Waals surface area contributed by atoms with Gasteiger partial charge in [0.05, 0.1) is 19.6 Å². The lowest BCUT2D eigenvalue weighted by atomic mass is 10.1. The average molecular weight is 485 g/mol. The Morgan fingerprint density at radius 2 is 1.76 bits per heavy atom. The summed E-state index contributed by atoms with van der Waals surface area (Å²) in [5, 5.41) is 0.150. The van der Waals surface area contributed by atoms with E-state index in [0.717, 1.165) is 54.9 Å². The van der Waals surface area contributed by atoms with Crippen LogP contribution in [0.2, 0.25) is 0 Å². The van der Waals surface area contributed by atoms with Gasteiger partial charge in [-0.2, -0.15) is 0 Å². The Hall–Kier alpha value is -2.14. The SMILES string of the molecule is COc1cc(SC(CCCCc2ccccc2)CC(=O)OC(C)(C)C)ccc1OC1CCCC1. The Balaban J connectivity index is 1.62. The van der Waals surface area contributed by atoms with Crippen LogP contribution in [0.5, 0.6) is 11.5 Å². The Labute approximate surface area is 209 Å². The minimum Gasteiger partial charge on any atom is -0.493 e. The third kappa shape index (κ3) is 9.25. The van der Waals surface area contributed by atoms with Crippen LogP contribution in [0.25, 0.3) is 0 Å². The summed E-state index contributed by atoms with van der Waals surface area (Å²) < 4.78 is 17.5. The normalized spacial score (nSPS) is 15.2. The Bertz CT molecular complexity index is 885. The molecule has 1 aliphatic rings. The molecule has 1 fully saturated rings. The van der Waals surface area contributed by atoms with Crippen molar-refractivity contribution in [2.45, 2.75) is 100 Å². The molecule has 186 valence electrons. The van der Waals surface area contributed by atoms with Crippen LogP contribution in [-0.4, -0.2) is 30.0 Å². The van der Waals surface area contributed by atoms with Crippen molar-refractivity contribution in [3.63, 3.8) is 0 Å². The molecular weight excluding hydrogens is 444 g/mol. The summed E-state index contributed by atoms with van der Waals surface area (Å²) in [4.78, 5) is 13.7. The van der Waals surface area contributed by atoms with Gasteiger partial charge >= 0.3 is 5.97 Å². The van der Waals surface area contributed by atoms with Crippen LogP contribution in [0, 0.1) is 0 Å². The minimum atomic E-state index is -0.470. The van der Waals surface area contributed by atoms with Crippen molar-refractivity contribution < 1.29 is 19.0 Å². The third-order valence-electron chi connectivity index (χ3n) is 5.93. The first kappa shape index (κ1) is 26.5. The number of hydrogen-bond donors (Lipinski definition) is 0. The predicted octanol–water partition coefficient (Wildman–Crippen LogP) is 7.62.